The summed E-state index contributed by atoms with van der Waals surface area (Å²) in [5.41, 5.74) is 4.44. The minimum atomic E-state index is -0.537. The van der Waals surface area contributed by atoms with Gasteiger partial charge in [0.15, 0.2) is 6.79 Å². The van der Waals surface area contributed by atoms with Gasteiger partial charge < -0.3 is 23.8 Å². The quantitative estimate of drug-likeness (QED) is 0.266. The SMILES string of the molecule is COCOc1cc2c3c(cccc3c1)C(C)c1c-2ncc2c(N3CC4CCC(C3)N4C(=O)OC(C)(C)C)nc(OC)nc12. The zero-order valence-corrected chi connectivity index (χ0v) is 25.5. The molecule has 2 aliphatic heterocycles. The Morgan fingerprint density at radius 2 is 1.84 bits per heavy atom. The molecule has 3 unspecified atom stereocenters. The first-order valence-corrected chi connectivity index (χ1v) is 14.9. The maximum atomic E-state index is 13.1. The number of amides is 1. The molecule has 10 nitrogen and oxygen atoms in total. The second-order valence-electron chi connectivity index (χ2n) is 12.7. The van der Waals surface area contributed by atoms with Gasteiger partial charge in [-0.1, -0.05) is 25.1 Å². The molecule has 0 radical (unpaired) electrons. The fourth-order valence-corrected chi connectivity index (χ4v) is 7.06. The highest BCUT2D eigenvalue weighted by molar-refractivity contribution is 6.06. The average molecular weight is 584 g/mol. The Morgan fingerprint density at radius 1 is 1.07 bits per heavy atom. The van der Waals surface area contributed by atoms with Gasteiger partial charge in [0.2, 0.25) is 0 Å². The summed E-state index contributed by atoms with van der Waals surface area (Å²) < 4.78 is 22.5. The smallest absolute Gasteiger partial charge is 0.410 e. The van der Waals surface area contributed by atoms with E-state index in [1.807, 2.05) is 37.9 Å². The van der Waals surface area contributed by atoms with Gasteiger partial charge in [0.1, 0.15) is 17.2 Å². The van der Waals surface area contributed by atoms with E-state index in [-0.39, 0.29) is 30.9 Å². The number of hydrogen-bond donors (Lipinski definition) is 0. The molecule has 1 amide bonds. The summed E-state index contributed by atoms with van der Waals surface area (Å²) in [4.78, 5) is 32.2. The molecule has 3 atom stereocenters. The molecule has 3 aliphatic rings. The van der Waals surface area contributed by atoms with Crippen molar-refractivity contribution in [3.8, 4) is 23.0 Å². The molecule has 1 aliphatic carbocycles. The van der Waals surface area contributed by atoms with Crippen molar-refractivity contribution in [2.24, 2.45) is 0 Å². The van der Waals surface area contributed by atoms with Crippen molar-refractivity contribution in [3.05, 3.63) is 47.7 Å². The highest BCUT2D eigenvalue weighted by Crippen LogP contribution is 2.49. The number of piperazine rings is 1. The fraction of sp³-hybridized carbons (Fsp3) is 0.455. The third-order valence-corrected chi connectivity index (χ3v) is 8.79. The predicted octanol–water partition coefficient (Wildman–Crippen LogP) is 5.89. The Hall–Kier alpha value is -4.18. The second kappa shape index (κ2) is 10.2. The number of pyridine rings is 1. The van der Waals surface area contributed by atoms with E-state index in [0.29, 0.717) is 19.1 Å². The van der Waals surface area contributed by atoms with Crippen molar-refractivity contribution < 1.29 is 23.7 Å². The van der Waals surface area contributed by atoms with Gasteiger partial charge in [-0.2, -0.15) is 9.97 Å². The first-order chi connectivity index (χ1) is 20.7. The molecule has 2 aromatic heterocycles. The first-order valence-electron chi connectivity index (χ1n) is 14.9. The highest BCUT2D eigenvalue weighted by atomic mass is 16.7. The topological polar surface area (TPSA) is 99.1 Å². The van der Waals surface area contributed by atoms with Crippen molar-refractivity contribution in [1.82, 2.24) is 19.9 Å². The molecular weight excluding hydrogens is 546 g/mol. The number of carbonyl (C=O) groups is 1. The van der Waals surface area contributed by atoms with Crippen molar-refractivity contribution in [2.45, 2.75) is 64.1 Å². The number of methoxy groups -OCH3 is 2. The van der Waals surface area contributed by atoms with Crippen LogP contribution in [0.3, 0.4) is 0 Å². The molecule has 0 spiro atoms. The van der Waals surface area contributed by atoms with E-state index in [1.54, 1.807) is 14.2 Å². The third kappa shape index (κ3) is 4.59. The van der Waals surface area contributed by atoms with Gasteiger partial charge in [0, 0.05) is 43.4 Å². The fourth-order valence-electron chi connectivity index (χ4n) is 7.06. The molecule has 43 heavy (non-hydrogen) atoms. The van der Waals surface area contributed by atoms with Crippen LogP contribution in [-0.4, -0.2) is 77.7 Å². The number of aromatic nitrogens is 3. The Balaban J connectivity index is 1.34. The van der Waals surface area contributed by atoms with Crippen LogP contribution in [0.2, 0.25) is 0 Å². The van der Waals surface area contributed by atoms with Crippen LogP contribution in [-0.2, 0) is 9.47 Å². The van der Waals surface area contributed by atoms with Crippen molar-refractivity contribution in [1.29, 1.82) is 0 Å². The van der Waals surface area contributed by atoms with Gasteiger partial charge in [0.05, 0.1) is 35.8 Å². The summed E-state index contributed by atoms with van der Waals surface area (Å²) in [5.74, 6) is 1.55. The van der Waals surface area contributed by atoms with Gasteiger partial charge in [-0.15, -0.1) is 0 Å². The number of hydrogen-bond acceptors (Lipinski definition) is 9. The number of carbonyl (C=O) groups excluding carboxylic acids is 1. The van der Waals surface area contributed by atoms with Crippen molar-refractivity contribution >= 4 is 33.6 Å². The lowest BCUT2D eigenvalue weighted by Gasteiger charge is -2.42. The lowest BCUT2D eigenvalue weighted by Crippen LogP contribution is -2.57. The van der Waals surface area contributed by atoms with Crippen LogP contribution < -0.4 is 14.4 Å². The normalized spacial score (nSPS) is 20.8. The molecule has 2 bridgehead atoms. The molecule has 2 saturated heterocycles. The van der Waals surface area contributed by atoms with Crippen LogP contribution in [0.25, 0.3) is 32.9 Å². The summed E-state index contributed by atoms with van der Waals surface area (Å²) in [6.45, 7) is 9.40. The van der Waals surface area contributed by atoms with Crippen LogP contribution in [0.4, 0.5) is 10.6 Å². The van der Waals surface area contributed by atoms with Crippen LogP contribution in [0.1, 0.15) is 57.6 Å². The Kier molecular flexibility index (Phi) is 6.57. The summed E-state index contributed by atoms with van der Waals surface area (Å²) in [6, 6.07) is 10.9. The van der Waals surface area contributed by atoms with Gasteiger partial charge in [-0.25, -0.2) is 4.79 Å². The maximum absolute atomic E-state index is 13.1. The van der Waals surface area contributed by atoms with Crippen LogP contribution >= 0.6 is 0 Å². The molecule has 4 aromatic rings. The largest absolute Gasteiger partial charge is 0.468 e. The maximum Gasteiger partial charge on any atom is 0.410 e. The molecule has 4 heterocycles. The van der Waals surface area contributed by atoms with E-state index in [4.69, 9.17) is 33.9 Å². The molecular formula is C33H37N5O5. The number of anilines is 1. The van der Waals surface area contributed by atoms with E-state index >= 15 is 0 Å². The van der Waals surface area contributed by atoms with Crippen LogP contribution in [0, 0.1) is 0 Å². The monoisotopic (exact) mass is 583 g/mol. The van der Waals surface area contributed by atoms with Gasteiger partial charge in [-0.05, 0) is 62.1 Å². The summed E-state index contributed by atoms with van der Waals surface area (Å²) in [6.07, 6.45) is 3.51. The Bertz CT molecular complexity index is 1740. The number of rotatable bonds is 5. The number of fused-ring (bicyclic) bond motifs is 6. The van der Waals surface area contributed by atoms with Crippen LogP contribution in [0.15, 0.2) is 36.5 Å². The molecule has 0 N–H and O–H groups in total. The standard InChI is InChI=1S/C33H37N5O5/c1-18-23-9-7-8-19-12-22(42-17-40-5)13-24(27(19)23)28-26(18)29-25(14-34-28)30(36-31(35-29)41-6)37-15-20-10-11-21(16-37)38(20)32(39)43-33(2,3)4/h7-9,12-14,18,20-21H,10-11,15-17H2,1-6H3. The Morgan fingerprint density at radius 3 is 2.53 bits per heavy atom. The third-order valence-electron chi connectivity index (χ3n) is 8.79. The van der Waals surface area contributed by atoms with Gasteiger partial charge in [0.25, 0.3) is 0 Å². The average Bonchev–Trinajstić information content (AvgIpc) is 3.26. The minimum Gasteiger partial charge on any atom is -0.468 e. The lowest BCUT2D eigenvalue weighted by molar-refractivity contribution is 0.0122. The second-order valence-corrected chi connectivity index (χ2v) is 12.7. The Labute approximate surface area is 250 Å². The van der Waals surface area contributed by atoms with Crippen molar-refractivity contribution in [2.75, 3.05) is 39.0 Å². The summed E-state index contributed by atoms with van der Waals surface area (Å²) in [7, 11) is 3.21. The zero-order chi connectivity index (χ0) is 30.0. The van der Waals surface area contributed by atoms with Gasteiger partial charge >= 0.3 is 12.1 Å². The molecule has 2 fully saturated rings. The zero-order valence-electron chi connectivity index (χ0n) is 25.5. The minimum absolute atomic E-state index is 0.0424. The van der Waals surface area contributed by atoms with Gasteiger partial charge in [-0.3, -0.25) is 9.88 Å². The molecule has 10 heteroatoms. The summed E-state index contributed by atoms with van der Waals surface area (Å²) in [5, 5.41) is 3.15. The predicted molar refractivity (Wildman–Crippen MR) is 164 cm³/mol. The number of nitrogens with zero attached hydrogens (tertiary/aromatic N) is 5. The molecule has 2 aromatic carbocycles. The number of ether oxygens (including phenoxy) is 4. The highest BCUT2D eigenvalue weighted by Gasteiger charge is 2.45. The van der Waals surface area contributed by atoms with E-state index in [1.165, 1.54) is 10.9 Å². The van der Waals surface area contributed by atoms with E-state index in [0.717, 1.165) is 57.5 Å². The number of benzene rings is 2. The van der Waals surface area contributed by atoms with E-state index < -0.39 is 5.60 Å². The van der Waals surface area contributed by atoms with E-state index in [2.05, 4.69) is 36.1 Å². The van der Waals surface area contributed by atoms with Crippen LogP contribution in [0.5, 0.6) is 11.8 Å². The molecule has 224 valence electrons. The van der Waals surface area contributed by atoms with E-state index in [9.17, 15) is 4.79 Å². The van der Waals surface area contributed by atoms with Crippen molar-refractivity contribution in [3.63, 3.8) is 0 Å². The summed E-state index contributed by atoms with van der Waals surface area (Å²) >= 11 is 0. The lowest BCUT2D eigenvalue weighted by atomic mass is 9.79. The first kappa shape index (κ1) is 27.6. The molecule has 0 saturated carbocycles. The molecule has 7 rings (SSSR count).